The Kier molecular flexibility index (Phi) is 3.88. The largest absolute Gasteiger partial charge is 0.344 e. The maximum absolute atomic E-state index is 5.68. The zero-order chi connectivity index (χ0) is 13.1. The molecule has 1 aromatic heterocycles. The molecule has 1 saturated carbocycles. The van der Waals surface area contributed by atoms with Crippen LogP contribution in [0.1, 0.15) is 37.8 Å². The van der Waals surface area contributed by atoms with Crippen LogP contribution >= 0.6 is 0 Å². The minimum atomic E-state index is 0.783. The molecule has 3 rings (SSSR count). The highest BCUT2D eigenvalue weighted by Gasteiger charge is 2.18. The van der Waals surface area contributed by atoms with E-state index in [1.54, 1.807) is 0 Å². The molecule has 0 aliphatic heterocycles. The summed E-state index contributed by atoms with van der Waals surface area (Å²) in [5.74, 6) is 0.882. The standard InChI is InChI=1S/C17H24N2/c18-11-5-9-16-12-15-8-3-4-10-17(15)19(16)13-14-6-1-2-7-14/h3-4,8,10,12,14H,1-2,5-7,9,11,13,18H2. The van der Waals surface area contributed by atoms with Crippen molar-refractivity contribution in [3.8, 4) is 0 Å². The van der Waals surface area contributed by atoms with Crippen LogP contribution in [0.3, 0.4) is 0 Å². The van der Waals surface area contributed by atoms with Gasteiger partial charge in [-0.3, -0.25) is 0 Å². The Bertz CT molecular complexity index is 535. The van der Waals surface area contributed by atoms with E-state index in [0.717, 1.165) is 25.3 Å². The van der Waals surface area contributed by atoms with E-state index in [-0.39, 0.29) is 0 Å². The van der Waals surface area contributed by atoms with Gasteiger partial charge in [0.2, 0.25) is 0 Å². The van der Waals surface area contributed by atoms with Crippen LogP contribution in [0.4, 0.5) is 0 Å². The predicted molar refractivity (Wildman–Crippen MR) is 81.3 cm³/mol. The zero-order valence-corrected chi connectivity index (χ0v) is 11.6. The molecule has 0 radical (unpaired) electrons. The summed E-state index contributed by atoms with van der Waals surface area (Å²) in [5.41, 5.74) is 8.55. The maximum atomic E-state index is 5.68. The molecule has 0 bridgehead atoms. The first-order valence-corrected chi connectivity index (χ1v) is 7.65. The molecule has 0 amide bonds. The molecule has 0 spiro atoms. The number of hydrogen-bond acceptors (Lipinski definition) is 1. The van der Waals surface area contributed by atoms with Gasteiger partial charge >= 0.3 is 0 Å². The van der Waals surface area contributed by atoms with E-state index < -0.39 is 0 Å². The van der Waals surface area contributed by atoms with Crippen molar-refractivity contribution in [2.75, 3.05) is 6.54 Å². The molecule has 2 N–H and O–H groups in total. The van der Waals surface area contributed by atoms with Gasteiger partial charge in [-0.15, -0.1) is 0 Å². The summed E-state index contributed by atoms with van der Waals surface area (Å²) in [6.45, 7) is 1.98. The third kappa shape index (κ3) is 2.69. The van der Waals surface area contributed by atoms with Gasteiger partial charge in [-0.1, -0.05) is 31.0 Å². The van der Waals surface area contributed by atoms with Crippen LogP contribution < -0.4 is 5.73 Å². The number of hydrogen-bond donors (Lipinski definition) is 1. The zero-order valence-electron chi connectivity index (χ0n) is 11.6. The van der Waals surface area contributed by atoms with Crippen LogP contribution in [-0.2, 0) is 13.0 Å². The average Bonchev–Trinajstić information content (AvgIpc) is 3.06. The van der Waals surface area contributed by atoms with Crippen molar-refractivity contribution in [3.05, 3.63) is 36.0 Å². The summed E-state index contributed by atoms with van der Waals surface area (Å²) >= 11 is 0. The van der Waals surface area contributed by atoms with E-state index in [4.69, 9.17) is 5.73 Å². The van der Waals surface area contributed by atoms with Crippen molar-refractivity contribution in [1.29, 1.82) is 0 Å². The van der Waals surface area contributed by atoms with Crippen LogP contribution in [0, 0.1) is 5.92 Å². The van der Waals surface area contributed by atoms with Crippen LogP contribution in [0.2, 0.25) is 0 Å². The molecule has 1 aliphatic carbocycles. The molecule has 19 heavy (non-hydrogen) atoms. The second-order valence-electron chi connectivity index (χ2n) is 5.85. The van der Waals surface area contributed by atoms with Crippen molar-refractivity contribution >= 4 is 10.9 Å². The van der Waals surface area contributed by atoms with Crippen LogP contribution in [0.5, 0.6) is 0 Å². The van der Waals surface area contributed by atoms with Crippen LogP contribution in [-0.4, -0.2) is 11.1 Å². The van der Waals surface area contributed by atoms with Crippen molar-refractivity contribution in [1.82, 2.24) is 4.57 Å². The number of nitrogens with zero attached hydrogens (tertiary/aromatic N) is 1. The number of fused-ring (bicyclic) bond motifs is 1. The quantitative estimate of drug-likeness (QED) is 0.868. The highest BCUT2D eigenvalue weighted by atomic mass is 15.0. The first-order chi connectivity index (χ1) is 9.38. The molecule has 2 nitrogen and oxygen atoms in total. The minimum Gasteiger partial charge on any atom is -0.344 e. The van der Waals surface area contributed by atoms with Gasteiger partial charge in [0.15, 0.2) is 0 Å². The van der Waals surface area contributed by atoms with Gasteiger partial charge in [0.25, 0.3) is 0 Å². The molecular formula is C17H24N2. The lowest BCUT2D eigenvalue weighted by Crippen LogP contribution is -2.11. The summed E-state index contributed by atoms with van der Waals surface area (Å²) in [6.07, 6.45) is 7.84. The van der Waals surface area contributed by atoms with Gasteiger partial charge in [-0.25, -0.2) is 0 Å². The normalized spacial score (nSPS) is 16.5. The first-order valence-electron chi connectivity index (χ1n) is 7.65. The van der Waals surface area contributed by atoms with Crippen LogP contribution in [0.15, 0.2) is 30.3 Å². The Labute approximate surface area is 115 Å². The molecular weight excluding hydrogens is 232 g/mol. The molecule has 1 aromatic carbocycles. The monoisotopic (exact) mass is 256 g/mol. The predicted octanol–water partition coefficient (Wildman–Crippen LogP) is 3.72. The van der Waals surface area contributed by atoms with Crippen molar-refractivity contribution in [2.24, 2.45) is 11.7 Å². The number of para-hydroxylation sites is 1. The second kappa shape index (κ2) is 5.79. The highest BCUT2D eigenvalue weighted by Crippen LogP contribution is 2.29. The fourth-order valence-electron chi connectivity index (χ4n) is 3.42. The second-order valence-corrected chi connectivity index (χ2v) is 5.85. The van der Waals surface area contributed by atoms with Gasteiger partial charge in [0.05, 0.1) is 0 Å². The van der Waals surface area contributed by atoms with Gasteiger partial charge < -0.3 is 10.3 Å². The lowest BCUT2D eigenvalue weighted by Gasteiger charge is -2.15. The van der Waals surface area contributed by atoms with Gasteiger partial charge in [-0.2, -0.15) is 0 Å². The minimum absolute atomic E-state index is 0.783. The fraction of sp³-hybridized carbons (Fsp3) is 0.529. The topological polar surface area (TPSA) is 30.9 Å². The van der Waals surface area contributed by atoms with E-state index >= 15 is 0 Å². The third-order valence-electron chi connectivity index (χ3n) is 4.45. The maximum Gasteiger partial charge on any atom is 0.0482 e. The molecule has 0 atom stereocenters. The molecule has 1 heterocycles. The number of nitrogens with two attached hydrogens (primary N) is 1. The Hall–Kier alpha value is -1.28. The summed E-state index contributed by atoms with van der Waals surface area (Å²) in [5, 5.41) is 1.38. The molecule has 2 aromatic rings. The van der Waals surface area contributed by atoms with E-state index in [1.807, 2.05) is 0 Å². The summed E-state index contributed by atoms with van der Waals surface area (Å²) in [6, 6.07) is 11.1. The van der Waals surface area contributed by atoms with E-state index in [9.17, 15) is 0 Å². The lowest BCUT2D eigenvalue weighted by atomic mass is 10.1. The van der Waals surface area contributed by atoms with E-state index in [1.165, 1.54) is 48.8 Å². The van der Waals surface area contributed by atoms with Crippen LogP contribution in [0.25, 0.3) is 10.9 Å². The van der Waals surface area contributed by atoms with Gasteiger partial charge in [0, 0.05) is 17.8 Å². The molecule has 1 aliphatic rings. The number of aryl methyl sites for hydroxylation is 1. The average molecular weight is 256 g/mol. The summed E-state index contributed by atoms with van der Waals surface area (Å²) in [4.78, 5) is 0. The first kappa shape index (κ1) is 12.7. The fourth-order valence-corrected chi connectivity index (χ4v) is 3.42. The van der Waals surface area contributed by atoms with Gasteiger partial charge in [-0.05, 0) is 55.7 Å². The van der Waals surface area contributed by atoms with E-state index in [0.29, 0.717) is 0 Å². The van der Waals surface area contributed by atoms with Gasteiger partial charge in [0.1, 0.15) is 0 Å². The number of aromatic nitrogens is 1. The van der Waals surface area contributed by atoms with Crippen molar-refractivity contribution < 1.29 is 0 Å². The molecule has 102 valence electrons. The molecule has 0 saturated heterocycles. The Morgan fingerprint density at radius 1 is 1.16 bits per heavy atom. The Morgan fingerprint density at radius 3 is 2.74 bits per heavy atom. The Balaban J connectivity index is 1.92. The van der Waals surface area contributed by atoms with Crippen molar-refractivity contribution in [2.45, 2.75) is 45.1 Å². The van der Waals surface area contributed by atoms with E-state index in [2.05, 4.69) is 34.9 Å². The highest BCUT2D eigenvalue weighted by molar-refractivity contribution is 5.81. The number of rotatable bonds is 5. The smallest absolute Gasteiger partial charge is 0.0482 e. The molecule has 2 heteroatoms. The number of benzene rings is 1. The molecule has 1 fully saturated rings. The third-order valence-corrected chi connectivity index (χ3v) is 4.45. The lowest BCUT2D eigenvalue weighted by molar-refractivity contribution is 0.456. The van der Waals surface area contributed by atoms with Crippen molar-refractivity contribution in [3.63, 3.8) is 0 Å². The SMILES string of the molecule is NCCCc1cc2ccccc2n1CC1CCCC1. The summed E-state index contributed by atoms with van der Waals surface area (Å²) < 4.78 is 2.56. The molecule has 0 unspecified atom stereocenters. The Morgan fingerprint density at radius 2 is 1.95 bits per heavy atom. The summed E-state index contributed by atoms with van der Waals surface area (Å²) in [7, 11) is 0.